The maximum Gasteiger partial charge on any atom is 0.220 e. The largest absolute Gasteiger partial charge is 0.391 e. The quantitative estimate of drug-likeness (QED) is 0.399. The molecule has 6 heteroatoms. The fourth-order valence-electron chi connectivity index (χ4n) is 4.21. The van der Waals surface area contributed by atoms with E-state index in [-0.39, 0.29) is 17.9 Å². The highest BCUT2D eigenvalue weighted by atomic mass is 16.3. The third kappa shape index (κ3) is 7.30. The SMILES string of the molecule is C=C[C@@H](C[C@H](O)[C@H](CC1CCCCC1)NC(=O)CCc1cn(N)cn1)C(C)C. The van der Waals surface area contributed by atoms with E-state index in [9.17, 15) is 9.90 Å². The van der Waals surface area contributed by atoms with Gasteiger partial charge in [-0.25, -0.2) is 4.98 Å². The highest BCUT2D eigenvalue weighted by Crippen LogP contribution is 2.29. The van der Waals surface area contributed by atoms with Gasteiger partial charge in [-0.05, 0) is 30.6 Å². The van der Waals surface area contributed by atoms with Crippen molar-refractivity contribution in [1.29, 1.82) is 0 Å². The molecule has 0 bridgehead atoms. The molecule has 3 atom stereocenters. The van der Waals surface area contributed by atoms with Gasteiger partial charge in [0.1, 0.15) is 6.33 Å². The second kappa shape index (κ2) is 11.2. The van der Waals surface area contributed by atoms with Crippen LogP contribution in [0, 0.1) is 17.8 Å². The third-order valence-electron chi connectivity index (χ3n) is 6.06. The minimum Gasteiger partial charge on any atom is -0.391 e. The number of imidazole rings is 1. The highest BCUT2D eigenvalue weighted by Gasteiger charge is 2.28. The van der Waals surface area contributed by atoms with Crippen LogP contribution in [0.2, 0.25) is 0 Å². The molecule has 0 saturated heterocycles. The second-order valence-corrected chi connectivity index (χ2v) is 8.67. The Morgan fingerprint density at radius 3 is 2.71 bits per heavy atom. The summed E-state index contributed by atoms with van der Waals surface area (Å²) in [5.41, 5.74) is 0.800. The number of aromatic nitrogens is 2. The number of nitrogens with zero attached hydrogens (tertiary/aromatic N) is 2. The number of nitrogens with two attached hydrogens (primary N) is 1. The number of carbonyl (C=O) groups excluding carboxylic acids is 1. The number of hydrogen-bond acceptors (Lipinski definition) is 4. The molecule has 1 saturated carbocycles. The molecule has 0 radical (unpaired) electrons. The lowest BCUT2D eigenvalue weighted by Gasteiger charge is -2.32. The summed E-state index contributed by atoms with van der Waals surface area (Å²) in [6.07, 6.45) is 13.2. The Balaban J connectivity index is 1.95. The van der Waals surface area contributed by atoms with Crippen molar-refractivity contribution < 1.29 is 9.90 Å². The van der Waals surface area contributed by atoms with Gasteiger partial charge < -0.3 is 16.3 Å². The highest BCUT2D eigenvalue weighted by molar-refractivity contribution is 5.76. The van der Waals surface area contributed by atoms with Crippen LogP contribution in [0.5, 0.6) is 0 Å². The first-order chi connectivity index (χ1) is 13.4. The number of hydrogen-bond donors (Lipinski definition) is 3. The maximum absolute atomic E-state index is 12.6. The zero-order valence-electron chi connectivity index (χ0n) is 17.5. The maximum atomic E-state index is 12.6. The van der Waals surface area contributed by atoms with Gasteiger partial charge in [0.2, 0.25) is 5.91 Å². The van der Waals surface area contributed by atoms with Crippen LogP contribution in [0.15, 0.2) is 25.2 Å². The molecule has 0 spiro atoms. The fraction of sp³-hybridized carbons (Fsp3) is 0.727. The summed E-state index contributed by atoms with van der Waals surface area (Å²) in [5, 5.41) is 14.1. The predicted molar refractivity (Wildman–Crippen MR) is 113 cm³/mol. The lowest BCUT2D eigenvalue weighted by Crippen LogP contribution is -2.45. The average molecular weight is 391 g/mol. The van der Waals surface area contributed by atoms with Gasteiger partial charge in [-0.3, -0.25) is 9.47 Å². The minimum atomic E-state index is -0.556. The molecule has 1 fully saturated rings. The summed E-state index contributed by atoms with van der Waals surface area (Å²) in [4.78, 5) is 16.7. The Labute approximate surface area is 169 Å². The zero-order valence-corrected chi connectivity index (χ0v) is 17.5. The van der Waals surface area contributed by atoms with Crippen LogP contribution < -0.4 is 11.2 Å². The van der Waals surface area contributed by atoms with Gasteiger partial charge in [-0.2, -0.15) is 0 Å². The van der Waals surface area contributed by atoms with Crippen LogP contribution in [0.3, 0.4) is 0 Å². The van der Waals surface area contributed by atoms with E-state index in [1.54, 1.807) is 6.20 Å². The molecule has 0 aromatic carbocycles. The van der Waals surface area contributed by atoms with Crippen molar-refractivity contribution >= 4 is 5.91 Å². The Morgan fingerprint density at radius 2 is 2.14 bits per heavy atom. The van der Waals surface area contributed by atoms with E-state index in [1.165, 1.54) is 43.1 Å². The van der Waals surface area contributed by atoms with Crippen LogP contribution in [-0.2, 0) is 11.2 Å². The van der Waals surface area contributed by atoms with Crippen molar-refractivity contribution in [2.45, 2.75) is 83.8 Å². The molecule has 158 valence electrons. The zero-order chi connectivity index (χ0) is 20.5. The number of aryl methyl sites for hydroxylation is 1. The van der Waals surface area contributed by atoms with Crippen molar-refractivity contribution in [2.24, 2.45) is 17.8 Å². The summed E-state index contributed by atoms with van der Waals surface area (Å²) in [7, 11) is 0. The minimum absolute atomic E-state index is 0.0360. The van der Waals surface area contributed by atoms with Gasteiger partial charge in [-0.1, -0.05) is 52.0 Å². The van der Waals surface area contributed by atoms with Crippen LogP contribution in [-0.4, -0.2) is 32.8 Å². The first-order valence-corrected chi connectivity index (χ1v) is 10.8. The van der Waals surface area contributed by atoms with Gasteiger partial charge in [0.15, 0.2) is 0 Å². The van der Waals surface area contributed by atoms with Gasteiger partial charge in [-0.15, -0.1) is 6.58 Å². The Hall–Kier alpha value is -1.82. The first-order valence-electron chi connectivity index (χ1n) is 10.8. The molecule has 1 heterocycles. The van der Waals surface area contributed by atoms with Crippen molar-refractivity contribution in [3.8, 4) is 0 Å². The summed E-state index contributed by atoms with van der Waals surface area (Å²) in [5.74, 6) is 6.82. The van der Waals surface area contributed by atoms with E-state index >= 15 is 0 Å². The van der Waals surface area contributed by atoms with Crippen molar-refractivity contribution in [2.75, 3.05) is 5.84 Å². The molecule has 1 aliphatic rings. The van der Waals surface area contributed by atoms with E-state index < -0.39 is 6.10 Å². The smallest absolute Gasteiger partial charge is 0.220 e. The summed E-state index contributed by atoms with van der Waals surface area (Å²) < 4.78 is 1.39. The number of allylic oxidation sites excluding steroid dienone is 1. The lowest BCUT2D eigenvalue weighted by molar-refractivity contribution is -0.123. The lowest BCUT2D eigenvalue weighted by atomic mass is 9.81. The monoisotopic (exact) mass is 390 g/mol. The molecule has 4 N–H and O–H groups in total. The van der Waals surface area contributed by atoms with Crippen molar-refractivity contribution in [3.63, 3.8) is 0 Å². The normalized spacial score (nSPS) is 18.6. The molecule has 1 aromatic heterocycles. The van der Waals surface area contributed by atoms with Crippen LogP contribution in [0.1, 0.15) is 70.9 Å². The number of nitrogens with one attached hydrogen (secondary N) is 1. The molecule has 2 rings (SSSR count). The van der Waals surface area contributed by atoms with E-state index in [4.69, 9.17) is 5.84 Å². The number of amides is 1. The van der Waals surface area contributed by atoms with Gasteiger partial charge in [0, 0.05) is 19.0 Å². The number of rotatable bonds is 11. The first kappa shape index (κ1) is 22.5. The fourth-order valence-corrected chi connectivity index (χ4v) is 4.21. The van der Waals surface area contributed by atoms with Crippen molar-refractivity contribution in [1.82, 2.24) is 15.0 Å². The molecule has 1 amide bonds. The van der Waals surface area contributed by atoms with Crippen LogP contribution >= 0.6 is 0 Å². The third-order valence-corrected chi connectivity index (χ3v) is 6.06. The van der Waals surface area contributed by atoms with Gasteiger partial charge in [0.05, 0.1) is 17.8 Å². The van der Waals surface area contributed by atoms with E-state index in [1.807, 2.05) is 6.08 Å². The van der Waals surface area contributed by atoms with E-state index in [2.05, 4.69) is 30.7 Å². The van der Waals surface area contributed by atoms with Gasteiger partial charge in [0.25, 0.3) is 0 Å². The topological polar surface area (TPSA) is 93.2 Å². The average Bonchev–Trinajstić information content (AvgIpc) is 3.09. The second-order valence-electron chi connectivity index (χ2n) is 8.67. The summed E-state index contributed by atoms with van der Waals surface area (Å²) in [6, 6.07) is -0.205. The standard InChI is InChI=1S/C22H38N4O2/c1-4-18(16(2)3)13-21(27)20(12-17-8-6-5-7-9-17)25-22(28)11-10-19-14-26(23)15-24-19/h4,14-18,20-21,27H,1,5-13,23H2,2-3H3,(H,25,28)/t18-,20-,21-/m0/s1. The molecule has 0 aliphatic heterocycles. The number of nitrogen functional groups attached to an aromatic ring is 1. The van der Waals surface area contributed by atoms with Crippen LogP contribution in [0.4, 0.5) is 0 Å². The number of carbonyl (C=O) groups is 1. The molecular formula is C22H38N4O2. The molecule has 28 heavy (non-hydrogen) atoms. The molecule has 6 nitrogen and oxygen atoms in total. The summed E-state index contributed by atoms with van der Waals surface area (Å²) >= 11 is 0. The Kier molecular flexibility index (Phi) is 9.03. The van der Waals surface area contributed by atoms with Gasteiger partial charge >= 0.3 is 0 Å². The van der Waals surface area contributed by atoms with Crippen LogP contribution in [0.25, 0.3) is 0 Å². The van der Waals surface area contributed by atoms with Crippen molar-refractivity contribution in [3.05, 3.63) is 30.9 Å². The Morgan fingerprint density at radius 1 is 1.43 bits per heavy atom. The molecule has 1 aliphatic carbocycles. The van der Waals surface area contributed by atoms with E-state index in [0.717, 1.165) is 12.1 Å². The number of aliphatic hydroxyl groups excluding tert-OH is 1. The van der Waals surface area contributed by atoms with E-state index in [0.29, 0.717) is 31.1 Å². The number of aliphatic hydroxyl groups is 1. The Bertz CT molecular complexity index is 607. The molecule has 0 unspecified atom stereocenters. The predicted octanol–water partition coefficient (Wildman–Crippen LogP) is 3.19. The summed E-state index contributed by atoms with van der Waals surface area (Å²) in [6.45, 7) is 8.21. The molecular weight excluding hydrogens is 352 g/mol. The molecule has 1 aromatic rings.